The van der Waals surface area contributed by atoms with E-state index >= 15 is 0 Å². The van der Waals surface area contributed by atoms with Gasteiger partial charge in [0, 0.05) is 33.6 Å². The largest absolute Gasteiger partial charge is 0.311 e. The average Bonchev–Trinajstić information content (AvgIpc) is 2.88. The predicted molar refractivity (Wildman–Crippen MR) is 79.1 cm³/mol. The molecule has 0 aromatic carbocycles. The Morgan fingerprint density at radius 1 is 1.47 bits per heavy atom. The first kappa shape index (κ1) is 13.5. The molecule has 0 aliphatic carbocycles. The van der Waals surface area contributed by atoms with Gasteiger partial charge in [0.05, 0.1) is 0 Å². The highest BCUT2D eigenvalue weighted by Crippen LogP contribution is 2.21. The summed E-state index contributed by atoms with van der Waals surface area (Å²) in [6, 6.07) is 2.15. The molecule has 0 atom stereocenters. The third-order valence-corrected chi connectivity index (χ3v) is 5.60. The summed E-state index contributed by atoms with van der Waals surface area (Å²) in [6.45, 7) is 3.90. The fourth-order valence-corrected chi connectivity index (χ4v) is 4.41. The Labute approximate surface area is 121 Å². The van der Waals surface area contributed by atoms with Crippen molar-refractivity contribution < 1.29 is 0 Å². The number of rotatable bonds is 6. The highest BCUT2D eigenvalue weighted by molar-refractivity contribution is 9.10. The predicted octanol–water partition coefficient (Wildman–Crippen LogP) is 3.55. The normalized spacial score (nSPS) is 10.9. The van der Waals surface area contributed by atoms with Gasteiger partial charge < -0.3 is 5.32 Å². The summed E-state index contributed by atoms with van der Waals surface area (Å²) < 4.78 is 2.22. The van der Waals surface area contributed by atoms with E-state index in [4.69, 9.17) is 0 Å². The fourth-order valence-electron chi connectivity index (χ4n) is 1.21. The second-order valence-electron chi connectivity index (χ2n) is 3.34. The fraction of sp³-hybridized carbons (Fsp3) is 0.400. The van der Waals surface area contributed by atoms with E-state index in [1.807, 2.05) is 6.92 Å². The lowest BCUT2D eigenvalue weighted by Gasteiger charge is -2.00. The van der Waals surface area contributed by atoms with Crippen LogP contribution in [0.15, 0.2) is 20.3 Å². The lowest BCUT2D eigenvalue weighted by Crippen LogP contribution is -2.15. The molecule has 17 heavy (non-hydrogen) atoms. The first-order valence-corrected chi connectivity index (χ1v) is 8.58. The smallest absolute Gasteiger partial charge is 0.174 e. The second kappa shape index (κ2) is 6.84. The molecule has 0 saturated carbocycles. The maximum Gasteiger partial charge on any atom is 0.174 e. The number of nitrogens with one attached hydrogen (secondary N) is 1. The third kappa shape index (κ3) is 4.67. The number of thiophene rings is 1. The minimum atomic E-state index is 0.936. The molecule has 0 aliphatic heterocycles. The van der Waals surface area contributed by atoms with Crippen LogP contribution in [0, 0.1) is 6.92 Å². The molecule has 0 unspecified atom stereocenters. The Morgan fingerprint density at radius 3 is 3.00 bits per heavy atom. The van der Waals surface area contributed by atoms with Crippen molar-refractivity contribution >= 4 is 50.4 Å². The van der Waals surface area contributed by atoms with Crippen LogP contribution in [0.3, 0.4) is 0 Å². The molecule has 92 valence electrons. The van der Waals surface area contributed by atoms with E-state index in [0.29, 0.717) is 0 Å². The van der Waals surface area contributed by atoms with Crippen LogP contribution in [-0.4, -0.2) is 22.5 Å². The van der Waals surface area contributed by atoms with Crippen LogP contribution in [0.1, 0.15) is 9.88 Å². The van der Waals surface area contributed by atoms with Gasteiger partial charge in [-0.2, -0.15) is 0 Å². The van der Waals surface area contributed by atoms with Crippen molar-refractivity contribution in [2.24, 2.45) is 0 Å². The van der Waals surface area contributed by atoms with Crippen LogP contribution in [0.4, 0.5) is 0 Å². The maximum atomic E-state index is 4.07. The molecule has 0 radical (unpaired) electrons. The van der Waals surface area contributed by atoms with Crippen LogP contribution in [0.25, 0.3) is 0 Å². The lowest BCUT2D eigenvalue weighted by atomic mass is 10.4. The van der Waals surface area contributed by atoms with Gasteiger partial charge in [-0.15, -0.1) is 21.5 Å². The molecular weight excluding hydrogens is 338 g/mol. The van der Waals surface area contributed by atoms with Crippen molar-refractivity contribution in [1.29, 1.82) is 0 Å². The van der Waals surface area contributed by atoms with E-state index in [1.165, 1.54) is 4.88 Å². The molecule has 1 N–H and O–H groups in total. The number of aryl methyl sites for hydroxylation is 1. The molecule has 2 aromatic heterocycles. The Morgan fingerprint density at radius 2 is 2.35 bits per heavy atom. The quantitative estimate of drug-likeness (QED) is 0.639. The monoisotopic (exact) mass is 349 g/mol. The molecule has 0 spiro atoms. The van der Waals surface area contributed by atoms with E-state index < -0.39 is 0 Å². The molecule has 0 bridgehead atoms. The van der Waals surface area contributed by atoms with E-state index in [9.17, 15) is 0 Å². The van der Waals surface area contributed by atoms with Crippen molar-refractivity contribution in [2.75, 3.05) is 12.3 Å². The van der Waals surface area contributed by atoms with Gasteiger partial charge in [-0.1, -0.05) is 23.1 Å². The molecule has 2 heterocycles. The summed E-state index contributed by atoms with van der Waals surface area (Å²) in [5.74, 6) is 1.03. The molecule has 0 saturated heterocycles. The van der Waals surface area contributed by atoms with Gasteiger partial charge in [0.25, 0.3) is 0 Å². The zero-order chi connectivity index (χ0) is 12.1. The topological polar surface area (TPSA) is 37.8 Å². The molecule has 2 aromatic rings. The highest BCUT2D eigenvalue weighted by Gasteiger charge is 2.01. The molecule has 3 nitrogen and oxygen atoms in total. The molecule has 0 aliphatic rings. The molecule has 0 fully saturated rings. The summed E-state index contributed by atoms with van der Waals surface area (Å²) >= 11 is 8.64. The zero-order valence-corrected chi connectivity index (χ0v) is 13.3. The number of hydrogen-bond donors (Lipinski definition) is 1. The zero-order valence-electron chi connectivity index (χ0n) is 9.27. The van der Waals surface area contributed by atoms with Gasteiger partial charge >= 0.3 is 0 Å². The van der Waals surface area contributed by atoms with Crippen molar-refractivity contribution in [3.8, 4) is 0 Å². The van der Waals surface area contributed by atoms with Gasteiger partial charge in [0.15, 0.2) is 4.34 Å². The van der Waals surface area contributed by atoms with E-state index in [-0.39, 0.29) is 0 Å². The van der Waals surface area contributed by atoms with Gasteiger partial charge in [0.2, 0.25) is 0 Å². The minimum absolute atomic E-state index is 0.936. The van der Waals surface area contributed by atoms with E-state index in [2.05, 4.69) is 42.9 Å². The summed E-state index contributed by atoms with van der Waals surface area (Å²) in [6.07, 6.45) is 0. The number of nitrogens with zero attached hydrogens (tertiary/aromatic N) is 2. The van der Waals surface area contributed by atoms with E-state index in [0.717, 1.165) is 32.7 Å². The van der Waals surface area contributed by atoms with Gasteiger partial charge in [-0.25, -0.2) is 0 Å². The van der Waals surface area contributed by atoms with Crippen LogP contribution in [-0.2, 0) is 6.54 Å². The minimum Gasteiger partial charge on any atom is -0.311 e. The van der Waals surface area contributed by atoms with Crippen LogP contribution in [0.5, 0.6) is 0 Å². The summed E-state index contributed by atoms with van der Waals surface area (Å²) in [7, 11) is 0. The van der Waals surface area contributed by atoms with Gasteiger partial charge in [0.1, 0.15) is 5.01 Å². The average molecular weight is 350 g/mol. The van der Waals surface area contributed by atoms with Crippen molar-refractivity contribution in [1.82, 2.24) is 15.5 Å². The SMILES string of the molecule is Cc1nnc(SCCNCc2cc(Br)cs2)s1. The van der Waals surface area contributed by atoms with Crippen LogP contribution in [0.2, 0.25) is 0 Å². The Hall–Kier alpha value is 0.0500. The third-order valence-electron chi connectivity index (χ3n) is 1.93. The highest BCUT2D eigenvalue weighted by atomic mass is 79.9. The Bertz CT molecular complexity index is 427. The Kier molecular flexibility index (Phi) is 5.43. The first-order chi connectivity index (χ1) is 8.24. The van der Waals surface area contributed by atoms with Gasteiger partial charge in [-0.3, -0.25) is 0 Å². The first-order valence-electron chi connectivity index (χ1n) is 5.10. The van der Waals surface area contributed by atoms with Crippen molar-refractivity contribution in [3.63, 3.8) is 0 Å². The molecule has 0 amide bonds. The summed E-state index contributed by atoms with van der Waals surface area (Å²) in [5.41, 5.74) is 0. The van der Waals surface area contributed by atoms with Crippen LogP contribution < -0.4 is 5.32 Å². The van der Waals surface area contributed by atoms with E-state index in [1.54, 1.807) is 34.4 Å². The molecule has 2 rings (SSSR count). The molecule has 7 heteroatoms. The standard InChI is InChI=1S/C10H12BrN3S3/c1-7-13-14-10(17-7)15-3-2-12-5-9-4-8(11)6-16-9/h4,6,12H,2-3,5H2,1H3. The van der Waals surface area contributed by atoms with Crippen LogP contribution >= 0.6 is 50.4 Å². The Balaban J connectivity index is 1.60. The maximum absolute atomic E-state index is 4.07. The summed E-state index contributed by atoms with van der Waals surface area (Å²) in [5, 5.41) is 14.6. The second-order valence-corrected chi connectivity index (χ2v) is 7.78. The lowest BCUT2D eigenvalue weighted by molar-refractivity contribution is 0.740. The summed E-state index contributed by atoms with van der Waals surface area (Å²) in [4.78, 5) is 1.36. The number of halogens is 1. The van der Waals surface area contributed by atoms with Crippen molar-refractivity contribution in [2.45, 2.75) is 17.8 Å². The molecular formula is C10H12BrN3S3. The number of thioether (sulfide) groups is 1. The van der Waals surface area contributed by atoms with Crippen molar-refractivity contribution in [3.05, 3.63) is 25.8 Å². The van der Waals surface area contributed by atoms with Gasteiger partial charge in [-0.05, 0) is 28.9 Å². The number of aromatic nitrogens is 2. The number of hydrogen-bond acceptors (Lipinski definition) is 6.